The van der Waals surface area contributed by atoms with E-state index < -0.39 is 7.82 Å². The minimum absolute atomic E-state index is 0.0580. The fourth-order valence-electron chi connectivity index (χ4n) is 0.540. The summed E-state index contributed by atoms with van der Waals surface area (Å²) in [6, 6.07) is 0. The first-order chi connectivity index (χ1) is 5.27. The van der Waals surface area contributed by atoms with E-state index >= 15 is 0 Å². The van der Waals surface area contributed by atoms with E-state index in [2.05, 4.69) is 4.52 Å². The molecule has 0 fully saturated rings. The van der Waals surface area contributed by atoms with E-state index in [0.29, 0.717) is 6.42 Å². The molecule has 0 aliphatic heterocycles. The van der Waals surface area contributed by atoms with Crippen LogP contribution in [0.4, 0.5) is 0 Å². The van der Waals surface area contributed by atoms with E-state index in [0.717, 1.165) is 0 Å². The number of rotatable bonds is 5. The topological polar surface area (TPSA) is 55.8 Å². The highest BCUT2D eigenvalue weighted by molar-refractivity contribution is 7.47. The summed E-state index contributed by atoms with van der Waals surface area (Å²) in [4.78, 5) is 9.08. The largest absolute Gasteiger partial charge is 0.518 e. The molecule has 0 saturated heterocycles. The third-order valence-electron chi connectivity index (χ3n) is 0.807. The van der Waals surface area contributed by atoms with E-state index in [1.165, 1.54) is 0 Å². The summed E-state index contributed by atoms with van der Waals surface area (Å²) in [5, 5.41) is 0. The minimum atomic E-state index is -3.86. The molecule has 6 heteroatoms. The molecule has 12 heavy (non-hydrogen) atoms. The molecule has 0 aromatic carbocycles. The molecule has 0 aliphatic carbocycles. The van der Waals surface area contributed by atoms with Gasteiger partial charge >= 0.3 is 7.82 Å². The standard InChI is InChI=1S/C6H16NO4P/c1-5-6-10-12(8,9)11-7(2,3)4/h5-6H2,1-4H3/p+1. The first-order valence-corrected chi connectivity index (χ1v) is 5.26. The van der Waals surface area contributed by atoms with Crippen LogP contribution in [-0.4, -0.2) is 37.3 Å². The van der Waals surface area contributed by atoms with Crippen LogP contribution in [0.5, 0.6) is 0 Å². The lowest BCUT2D eigenvalue weighted by Crippen LogP contribution is -2.33. The molecule has 0 saturated carbocycles. The third-order valence-corrected chi connectivity index (χ3v) is 2.01. The van der Waals surface area contributed by atoms with Crippen molar-refractivity contribution in [1.82, 2.24) is 0 Å². The van der Waals surface area contributed by atoms with Gasteiger partial charge in [0.2, 0.25) is 0 Å². The Morgan fingerprint density at radius 3 is 2.25 bits per heavy atom. The van der Waals surface area contributed by atoms with Crippen molar-refractivity contribution in [3.63, 3.8) is 0 Å². The zero-order valence-electron chi connectivity index (χ0n) is 7.98. The molecule has 0 amide bonds. The lowest BCUT2D eigenvalue weighted by molar-refractivity contribution is -1.04. The third kappa shape index (κ3) is 6.76. The maximum absolute atomic E-state index is 11.1. The van der Waals surface area contributed by atoms with Gasteiger partial charge in [0, 0.05) is 0 Å². The normalized spacial score (nSPS) is 17.4. The van der Waals surface area contributed by atoms with Crippen LogP contribution in [-0.2, 0) is 13.7 Å². The van der Waals surface area contributed by atoms with Crippen LogP contribution in [0.3, 0.4) is 0 Å². The van der Waals surface area contributed by atoms with Crippen molar-refractivity contribution >= 4 is 7.82 Å². The highest BCUT2D eigenvalue weighted by atomic mass is 31.2. The van der Waals surface area contributed by atoms with Crippen molar-refractivity contribution in [2.75, 3.05) is 27.7 Å². The smallest absolute Gasteiger partial charge is 0.300 e. The van der Waals surface area contributed by atoms with Gasteiger partial charge in [0.15, 0.2) is 0 Å². The molecular weight excluding hydrogens is 181 g/mol. The highest BCUT2D eigenvalue weighted by Gasteiger charge is 2.30. The van der Waals surface area contributed by atoms with Gasteiger partial charge in [-0.3, -0.25) is 9.42 Å². The number of hydrogen-bond acceptors (Lipinski definition) is 3. The Labute approximate surface area is 73.1 Å². The SMILES string of the molecule is CCCOP(=O)(O)O[N+](C)(C)C. The molecule has 0 aromatic rings. The highest BCUT2D eigenvalue weighted by Crippen LogP contribution is 2.44. The second-order valence-electron chi connectivity index (χ2n) is 3.27. The zero-order valence-corrected chi connectivity index (χ0v) is 8.88. The summed E-state index contributed by atoms with van der Waals surface area (Å²) in [5.74, 6) is 0. The Balaban J connectivity index is 3.96. The van der Waals surface area contributed by atoms with E-state index in [9.17, 15) is 4.57 Å². The lowest BCUT2D eigenvalue weighted by atomic mass is 10.5. The van der Waals surface area contributed by atoms with Gasteiger partial charge in [-0.1, -0.05) is 11.5 Å². The van der Waals surface area contributed by atoms with Crippen LogP contribution in [0.15, 0.2) is 0 Å². The number of quaternary nitrogens is 1. The molecule has 74 valence electrons. The van der Waals surface area contributed by atoms with E-state index in [4.69, 9.17) is 9.52 Å². The number of phosphoric ester groups is 1. The van der Waals surface area contributed by atoms with Crippen molar-refractivity contribution in [2.24, 2.45) is 0 Å². The first kappa shape index (κ1) is 12.1. The molecule has 0 rings (SSSR count). The predicted octanol–water partition coefficient (Wildman–Crippen LogP) is 1.15. The van der Waals surface area contributed by atoms with Crippen LogP contribution in [0.1, 0.15) is 13.3 Å². The number of hydrogen-bond donors (Lipinski definition) is 1. The Morgan fingerprint density at radius 1 is 1.42 bits per heavy atom. The summed E-state index contributed by atoms with van der Waals surface area (Å²) in [5.41, 5.74) is 0. The summed E-state index contributed by atoms with van der Waals surface area (Å²) in [6.45, 7) is 2.08. The van der Waals surface area contributed by atoms with Crippen molar-refractivity contribution in [1.29, 1.82) is 0 Å². The fraction of sp³-hybridized carbons (Fsp3) is 1.00. The van der Waals surface area contributed by atoms with Gasteiger partial charge in [0.1, 0.15) is 0 Å². The summed E-state index contributed by atoms with van der Waals surface area (Å²) >= 11 is 0. The van der Waals surface area contributed by atoms with Gasteiger partial charge in [-0.25, -0.2) is 4.57 Å². The van der Waals surface area contributed by atoms with Crippen molar-refractivity contribution < 1.29 is 23.3 Å². The maximum atomic E-state index is 11.1. The monoisotopic (exact) mass is 198 g/mol. The molecule has 0 aromatic heterocycles. The minimum Gasteiger partial charge on any atom is -0.300 e. The van der Waals surface area contributed by atoms with Gasteiger partial charge in [-0.15, -0.1) is 0 Å². The summed E-state index contributed by atoms with van der Waals surface area (Å²) < 4.78 is 20.4. The zero-order chi connectivity index (χ0) is 9.83. The van der Waals surface area contributed by atoms with Crippen LogP contribution < -0.4 is 0 Å². The van der Waals surface area contributed by atoms with Crippen molar-refractivity contribution in [2.45, 2.75) is 13.3 Å². The molecule has 0 spiro atoms. The summed E-state index contributed by atoms with van der Waals surface area (Å²) in [7, 11) is 1.05. The average Bonchev–Trinajstić information content (AvgIpc) is 1.78. The Kier molecular flexibility index (Phi) is 4.37. The van der Waals surface area contributed by atoms with Gasteiger partial charge in [0.25, 0.3) is 0 Å². The van der Waals surface area contributed by atoms with E-state index in [-0.39, 0.29) is 11.3 Å². The van der Waals surface area contributed by atoms with Crippen LogP contribution in [0.25, 0.3) is 0 Å². The summed E-state index contributed by atoms with van der Waals surface area (Å²) in [6.07, 6.45) is 0.686. The lowest BCUT2D eigenvalue weighted by Gasteiger charge is -2.22. The predicted molar refractivity (Wildman–Crippen MR) is 45.2 cm³/mol. The van der Waals surface area contributed by atoms with E-state index in [1.807, 2.05) is 6.92 Å². The molecule has 0 radical (unpaired) electrons. The Hall–Kier alpha value is 0.0700. The molecule has 1 unspecified atom stereocenters. The molecule has 0 aliphatic rings. The average molecular weight is 198 g/mol. The second-order valence-corrected chi connectivity index (χ2v) is 4.63. The molecule has 0 bridgehead atoms. The fourth-order valence-corrected chi connectivity index (χ4v) is 1.62. The van der Waals surface area contributed by atoms with Crippen molar-refractivity contribution in [3.05, 3.63) is 0 Å². The first-order valence-electron chi connectivity index (χ1n) is 3.77. The van der Waals surface area contributed by atoms with Gasteiger partial charge in [0.05, 0.1) is 27.7 Å². The van der Waals surface area contributed by atoms with Gasteiger partial charge in [-0.2, -0.15) is 4.65 Å². The Morgan fingerprint density at radius 2 is 1.92 bits per heavy atom. The molecule has 0 heterocycles. The van der Waals surface area contributed by atoms with Gasteiger partial charge < -0.3 is 0 Å². The number of hydroxylamine groups is 3. The maximum Gasteiger partial charge on any atom is 0.518 e. The van der Waals surface area contributed by atoms with Crippen LogP contribution in [0.2, 0.25) is 0 Å². The molecule has 5 nitrogen and oxygen atoms in total. The van der Waals surface area contributed by atoms with E-state index in [1.54, 1.807) is 21.1 Å². The van der Waals surface area contributed by atoms with Crippen molar-refractivity contribution in [3.8, 4) is 0 Å². The second kappa shape index (κ2) is 4.35. The molecular formula is C6H17NO4P+. The van der Waals surface area contributed by atoms with Crippen LogP contribution in [0, 0.1) is 0 Å². The molecule has 1 N–H and O–H groups in total. The van der Waals surface area contributed by atoms with Gasteiger partial charge in [-0.05, 0) is 6.42 Å². The number of nitrogens with zero attached hydrogens (tertiary/aromatic N) is 1. The Bertz CT molecular complexity index is 177. The quantitative estimate of drug-likeness (QED) is 0.409. The number of phosphoric acid groups is 1. The molecule has 1 atom stereocenters. The van der Waals surface area contributed by atoms with Crippen LogP contribution >= 0.6 is 7.82 Å².